The van der Waals surface area contributed by atoms with Gasteiger partial charge in [-0.3, -0.25) is 0 Å². The largest absolute Gasteiger partial charge is 0.780 e. The predicted octanol–water partition coefficient (Wildman–Crippen LogP) is 3.55. The molecule has 0 atom stereocenters. The average Bonchev–Trinajstić information content (AvgIpc) is 2.53. The van der Waals surface area contributed by atoms with E-state index in [1.807, 2.05) is 30.3 Å². The van der Waals surface area contributed by atoms with E-state index in [1.165, 1.54) is 20.0 Å². The second-order valence-corrected chi connectivity index (χ2v) is 7.37. The van der Waals surface area contributed by atoms with E-state index in [4.69, 9.17) is 12.6 Å². The summed E-state index contributed by atoms with van der Waals surface area (Å²) in [6.07, 6.45) is 0. The van der Waals surface area contributed by atoms with E-state index < -0.39 is 0 Å². The third-order valence-corrected chi connectivity index (χ3v) is 4.94. The van der Waals surface area contributed by atoms with E-state index in [9.17, 15) is 0 Å². The fraction of sp³-hybridized carbons (Fsp3) is 0.100. The van der Waals surface area contributed by atoms with Crippen molar-refractivity contribution in [1.82, 2.24) is 0 Å². The average molecular weight is 318 g/mol. The second-order valence-electron chi connectivity index (χ2n) is 5.28. The first-order chi connectivity index (χ1) is 10.6. The number of aryl methyl sites for hydroxylation is 2. The molecule has 0 amide bonds. The summed E-state index contributed by atoms with van der Waals surface area (Å²) in [5.74, 6) is 0. The molecule has 0 saturated carbocycles. The van der Waals surface area contributed by atoms with Crippen LogP contribution in [-0.2, 0) is 12.6 Å². The molecule has 0 aromatic heterocycles. The number of hydrogen-bond donors (Lipinski definition) is 0. The van der Waals surface area contributed by atoms with Crippen molar-refractivity contribution >= 4 is 36.7 Å². The van der Waals surface area contributed by atoms with Gasteiger partial charge in [-0.2, -0.15) is 4.90 Å². The third-order valence-electron chi connectivity index (χ3n) is 3.23. The SMILES string of the molecule is Cc1cc[c]([Al+][c]2ccc(C)cc2)cc1.[S-]c1ccccc1. The van der Waals surface area contributed by atoms with Gasteiger partial charge in [0.05, 0.1) is 0 Å². The zero-order valence-electron chi connectivity index (χ0n) is 13.0. The molecule has 0 nitrogen and oxygen atoms in total. The molecule has 0 bridgehead atoms. The van der Waals surface area contributed by atoms with Crippen molar-refractivity contribution in [3.05, 3.63) is 90.0 Å². The van der Waals surface area contributed by atoms with Gasteiger partial charge in [0, 0.05) is 0 Å². The monoisotopic (exact) mass is 318 g/mol. The Kier molecular flexibility index (Phi) is 6.68. The van der Waals surface area contributed by atoms with Crippen molar-refractivity contribution in [2.75, 3.05) is 0 Å². The van der Waals surface area contributed by atoms with Crippen molar-refractivity contribution < 1.29 is 0 Å². The molecule has 0 aliphatic carbocycles. The van der Waals surface area contributed by atoms with Crippen LogP contribution in [0, 0.1) is 13.8 Å². The van der Waals surface area contributed by atoms with Crippen LogP contribution in [0.15, 0.2) is 83.8 Å². The first-order valence-corrected chi connectivity index (χ1v) is 8.90. The van der Waals surface area contributed by atoms with Crippen molar-refractivity contribution in [2.24, 2.45) is 0 Å². The molecule has 0 aliphatic heterocycles. The summed E-state index contributed by atoms with van der Waals surface area (Å²) in [6, 6.07) is 27.3. The fourth-order valence-corrected chi connectivity index (χ4v) is 3.25. The topological polar surface area (TPSA) is 0 Å². The van der Waals surface area contributed by atoms with Crippen LogP contribution < -0.4 is 8.85 Å². The molecular weight excluding hydrogens is 299 g/mol. The van der Waals surface area contributed by atoms with Crippen LogP contribution >= 0.6 is 0 Å². The van der Waals surface area contributed by atoms with Crippen molar-refractivity contribution in [3.8, 4) is 0 Å². The minimum atomic E-state index is 0.252. The van der Waals surface area contributed by atoms with Crippen LogP contribution in [0.3, 0.4) is 0 Å². The molecule has 0 radical (unpaired) electrons. The number of benzene rings is 3. The van der Waals surface area contributed by atoms with Gasteiger partial charge in [0.1, 0.15) is 0 Å². The van der Waals surface area contributed by atoms with Gasteiger partial charge >= 0.3 is 97.6 Å². The molecule has 0 saturated heterocycles. The van der Waals surface area contributed by atoms with Crippen LogP contribution in [0.2, 0.25) is 0 Å². The Morgan fingerprint density at radius 2 is 1.00 bits per heavy atom. The van der Waals surface area contributed by atoms with Crippen LogP contribution in [0.4, 0.5) is 0 Å². The maximum atomic E-state index is 4.81. The molecule has 3 aromatic carbocycles. The molecule has 22 heavy (non-hydrogen) atoms. The van der Waals surface area contributed by atoms with Crippen LogP contribution in [0.1, 0.15) is 11.1 Å². The Morgan fingerprint density at radius 3 is 1.32 bits per heavy atom. The van der Waals surface area contributed by atoms with Gasteiger partial charge in [-0.1, -0.05) is 30.3 Å². The third kappa shape index (κ3) is 6.04. The quantitative estimate of drug-likeness (QED) is 0.514. The summed E-state index contributed by atoms with van der Waals surface area (Å²) in [7, 11) is 0. The number of rotatable bonds is 2. The van der Waals surface area contributed by atoms with E-state index >= 15 is 0 Å². The predicted molar refractivity (Wildman–Crippen MR) is 99.5 cm³/mol. The van der Waals surface area contributed by atoms with Gasteiger partial charge in [-0.25, -0.2) is 0 Å². The molecule has 0 aliphatic rings. The normalized spacial score (nSPS) is 9.36. The standard InChI is InChI=1S/2C7H7.C6H6S.Al/c2*1-7-5-3-2-4-6-7;7-6-4-2-1-3-5-6;/h2*3-6H,1H3;1-5,7H;/q;;;+1/p-1. The summed E-state index contributed by atoms with van der Waals surface area (Å²) in [4.78, 5) is 0.905. The minimum absolute atomic E-state index is 0.252. The molecule has 0 heterocycles. The van der Waals surface area contributed by atoms with Gasteiger partial charge in [-0.15, -0.1) is 0 Å². The van der Waals surface area contributed by atoms with Crippen LogP contribution in [0.5, 0.6) is 0 Å². The zero-order chi connectivity index (χ0) is 15.8. The van der Waals surface area contributed by atoms with Gasteiger partial charge in [0.25, 0.3) is 0 Å². The molecular formula is C20H19AlS. The molecule has 0 spiro atoms. The summed E-state index contributed by atoms with van der Waals surface area (Å²) >= 11 is 5.06. The van der Waals surface area contributed by atoms with Crippen molar-refractivity contribution in [3.63, 3.8) is 0 Å². The summed E-state index contributed by atoms with van der Waals surface area (Å²) in [5.41, 5.74) is 2.67. The summed E-state index contributed by atoms with van der Waals surface area (Å²) in [5, 5.41) is 0. The Labute approximate surface area is 145 Å². The Bertz CT molecular complexity index is 630. The van der Waals surface area contributed by atoms with Gasteiger partial charge in [0.15, 0.2) is 0 Å². The second kappa shape index (κ2) is 8.76. The Balaban J connectivity index is 0.000000211. The number of hydrogen-bond acceptors (Lipinski definition) is 1. The summed E-state index contributed by atoms with van der Waals surface area (Å²) in [6.45, 7) is 4.26. The first kappa shape index (κ1) is 16.8. The molecule has 3 aromatic rings. The maximum Gasteiger partial charge on any atom is -0.0624 e. The van der Waals surface area contributed by atoms with Gasteiger partial charge in [-0.05, 0) is 0 Å². The molecule has 3 rings (SSSR count). The molecule has 2 heteroatoms. The molecule has 0 fully saturated rings. The smallest absolute Gasteiger partial charge is 0.0624 e. The van der Waals surface area contributed by atoms with Crippen LogP contribution in [0.25, 0.3) is 0 Å². The Hall–Kier alpha value is -1.59. The van der Waals surface area contributed by atoms with Gasteiger partial charge in [0.2, 0.25) is 0 Å². The van der Waals surface area contributed by atoms with E-state index in [0.29, 0.717) is 0 Å². The van der Waals surface area contributed by atoms with Crippen LogP contribution in [-0.4, -0.2) is 15.2 Å². The zero-order valence-corrected chi connectivity index (χ0v) is 15.0. The van der Waals surface area contributed by atoms with E-state index in [0.717, 1.165) is 4.90 Å². The maximum absolute atomic E-state index is 4.81. The Morgan fingerprint density at radius 1 is 0.591 bits per heavy atom. The van der Waals surface area contributed by atoms with Crippen molar-refractivity contribution in [2.45, 2.75) is 18.7 Å². The summed E-state index contributed by atoms with van der Waals surface area (Å²) < 4.78 is 2.92. The van der Waals surface area contributed by atoms with Gasteiger partial charge < -0.3 is 12.6 Å². The van der Waals surface area contributed by atoms with E-state index in [2.05, 4.69) is 62.4 Å². The molecule has 0 unspecified atom stereocenters. The van der Waals surface area contributed by atoms with Crippen molar-refractivity contribution in [1.29, 1.82) is 0 Å². The molecule has 108 valence electrons. The van der Waals surface area contributed by atoms with E-state index in [-0.39, 0.29) is 15.2 Å². The fourth-order valence-electron chi connectivity index (χ4n) is 1.94. The first-order valence-electron chi connectivity index (χ1n) is 7.33. The van der Waals surface area contributed by atoms with E-state index in [1.54, 1.807) is 0 Å². The minimum Gasteiger partial charge on any atom is -0.780 e. The molecule has 0 N–H and O–H groups in total.